The molecule has 0 aliphatic carbocycles. The first-order valence-corrected chi connectivity index (χ1v) is 6.31. The first kappa shape index (κ1) is 16.0. The highest BCUT2D eigenvalue weighted by Gasteiger charge is 2.15. The number of hydrogen-bond acceptors (Lipinski definition) is 5. The smallest absolute Gasteiger partial charge is 0.320 e. The zero-order chi connectivity index (χ0) is 15.2. The van der Waals surface area contributed by atoms with Gasteiger partial charge in [-0.25, -0.2) is 0 Å². The predicted molar refractivity (Wildman–Crippen MR) is 76.5 cm³/mol. The minimum absolute atomic E-state index is 0.0678. The van der Waals surface area contributed by atoms with Gasteiger partial charge in [0.25, 0.3) is 0 Å². The van der Waals surface area contributed by atoms with Crippen molar-refractivity contribution in [2.75, 3.05) is 6.54 Å². The standard InChI is InChI=1S/C14H21N3O3/c1-14(2,3)20-12(18)9-16-8-10-4-6-11(7-5-10)13(15)17-19/h4-7,16,19H,8-9H2,1-3H3,(H2,15,17). The van der Waals surface area contributed by atoms with Crippen molar-refractivity contribution < 1.29 is 14.7 Å². The van der Waals surface area contributed by atoms with Crippen molar-refractivity contribution in [3.8, 4) is 0 Å². The molecule has 1 rings (SSSR count). The Kier molecular flexibility index (Phi) is 5.52. The molecule has 0 amide bonds. The van der Waals surface area contributed by atoms with Crippen molar-refractivity contribution in [2.24, 2.45) is 10.9 Å². The summed E-state index contributed by atoms with van der Waals surface area (Å²) < 4.78 is 5.18. The summed E-state index contributed by atoms with van der Waals surface area (Å²) in [6.07, 6.45) is 0. The number of amidine groups is 1. The van der Waals surface area contributed by atoms with E-state index in [0.29, 0.717) is 12.1 Å². The number of hydrogen-bond donors (Lipinski definition) is 3. The lowest BCUT2D eigenvalue weighted by atomic mass is 10.1. The van der Waals surface area contributed by atoms with E-state index < -0.39 is 5.60 Å². The Morgan fingerprint density at radius 1 is 1.35 bits per heavy atom. The SMILES string of the molecule is CC(C)(C)OC(=O)CNCc1ccc(/C(N)=N\O)cc1. The van der Waals surface area contributed by atoms with Crippen LogP contribution in [0.15, 0.2) is 29.4 Å². The van der Waals surface area contributed by atoms with Crippen LogP contribution in [0, 0.1) is 0 Å². The molecule has 0 aliphatic rings. The molecule has 1 aromatic carbocycles. The van der Waals surface area contributed by atoms with E-state index in [4.69, 9.17) is 15.7 Å². The normalized spacial score (nSPS) is 12.2. The van der Waals surface area contributed by atoms with E-state index in [2.05, 4.69) is 10.5 Å². The van der Waals surface area contributed by atoms with E-state index in [1.807, 2.05) is 32.9 Å². The summed E-state index contributed by atoms with van der Waals surface area (Å²) in [5.41, 5.74) is 6.63. The van der Waals surface area contributed by atoms with Gasteiger partial charge in [-0.05, 0) is 26.3 Å². The molecule has 1 aromatic rings. The second-order valence-electron chi connectivity index (χ2n) is 5.37. The Hall–Kier alpha value is -2.08. The quantitative estimate of drug-likeness (QED) is 0.247. The van der Waals surface area contributed by atoms with Gasteiger partial charge >= 0.3 is 5.97 Å². The third-order valence-electron chi connectivity index (χ3n) is 2.38. The van der Waals surface area contributed by atoms with Gasteiger partial charge in [-0.3, -0.25) is 4.79 Å². The van der Waals surface area contributed by atoms with E-state index in [0.717, 1.165) is 5.56 Å². The molecule has 0 saturated carbocycles. The van der Waals surface area contributed by atoms with E-state index in [-0.39, 0.29) is 18.3 Å². The number of carbonyl (C=O) groups excluding carboxylic acids is 1. The van der Waals surface area contributed by atoms with Gasteiger partial charge in [-0.2, -0.15) is 0 Å². The Morgan fingerprint density at radius 2 is 1.95 bits per heavy atom. The summed E-state index contributed by atoms with van der Waals surface area (Å²) in [5, 5.41) is 14.5. The number of carbonyl (C=O) groups is 1. The van der Waals surface area contributed by atoms with Crippen molar-refractivity contribution in [1.29, 1.82) is 0 Å². The molecular formula is C14H21N3O3. The number of rotatable bonds is 5. The highest BCUT2D eigenvalue weighted by molar-refractivity contribution is 5.96. The molecular weight excluding hydrogens is 258 g/mol. The van der Waals surface area contributed by atoms with E-state index >= 15 is 0 Å². The molecule has 0 aromatic heterocycles. The van der Waals surface area contributed by atoms with Crippen LogP contribution in [0.3, 0.4) is 0 Å². The van der Waals surface area contributed by atoms with Crippen LogP contribution >= 0.6 is 0 Å². The molecule has 6 nitrogen and oxygen atoms in total. The molecule has 0 saturated heterocycles. The molecule has 0 unspecified atom stereocenters. The molecule has 110 valence electrons. The summed E-state index contributed by atoms with van der Waals surface area (Å²) in [7, 11) is 0. The van der Waals surface area contributed by atoms with Gasteiger partial charge in [0.1, 0.15) is 5.60 Å². The Balaban J connectivity index is 2.41. The third kappa shape index (κ3) is 5.71. The van der Waals surface area contributed by atoms with Crippen LogP contribution in [0.1, 0.15) is 31.9 Å². The number of nitrogens with two attached hydrogens (primary N) is 1. The van der Waals surface area contributed by atoms with Crippen LogP contribution in [0.4, 0.5) is 0 Å². The molecule has 6 heteroatoms. The number of ether oxygens (including phenoxy) is 1. The third-order valence-corrected chi connectivity index (χ3v) is 2.38. The van der Waals surface area contributed by atoms with Crippen LogP contribution in [0.5, 0.6) is 0 Å². The highest BCUT2D eigenvalue weighted by atomic mass is 16.6. The lowest BCUT2D eigenvalue weighted by Gasteiger charge is -2.19. The number of nitrogens with zero attached hydrogens (tertiary/aromatic N) is 1. The Morgan fingerprint density at radius 3 is 2.45 bits per heavy atom. The molecule has 0 atom stereocenters. The summed E-state index contributed by atoms with van der Waals surface area (Å²) in [6, 6.07) is 7.18. The minimum atomic E-state index is -0.471. The molecule has 20 heavy (non-hydrogen) atoms. The second-order valence-corrected chi connectivity index (χ2v) is 5.37. The molecule has 4 N–H and O–H groups in total. The number of esters is 1. The lowest BCUT2D eigenvalue weighted by molar-refractivity contribution is -0.153. The van der Waals surface area contributed by atoms with Crippen molar-refractivity contribution >= 4 is 11.8 Å². The summed E-state index contributed by atoms with van der Waals surface area (Å²) in [6.45, 7) is 6.18. The van der Waals surface area contributed by atoms with Gasteiger partial charge in [0.05, 0.1) is 6.54 Å². The topological polar surface area (TPSA) is 96.9 Å². The minimum Gasteiger partial charge on any atom is -0.459 e. The van der Waals surface area contributed by atoms with Crippen molar-refractivity contribution in [3.63, 3.8) is 0 Å². The van der Waals surface area contributed by atoms with E-state index in [9.17, 15) is 4.79 Å². The fourth-order valence-corrected chi connectivity index (χ4v) is 1.54. The van der Waals surface area contributed by atoms with Crippen molar-refractivity contribution in [2.45, 2.75) is 32.9 Å². The van der Waals surface area contributed by atoms with Crippen molar-refractivity contribution in [3.05, 3.63) is 35.4 Å². The zero-order valence-corrected chi connectivity index (χ0v) is 12.0. The monoisotopic (exact) mass is 279 g/mol. The molecule has 0 spiro atoms. The van der Waals surface area contributed by atoms with Crippen molar-refractivity contribution in [1.82, 2.24) is 5.32 Å². The Bertz CT molecular complexity index is 475. The first-order valence-electron chi connectivity index (χ1n) is 6.31. The Labute approximate surface area is 118 Å². The summed E-state index contributed by atoms with van der Waals surface area (Å²) in [5.74, 6) is -0.218. The largest absolute Gasteiger partial charge is 0.459 e. The second kappa shape index (κ2) is 6.91. The van der Waals surface area contributed by atoms with Gasteiger partial charge in [0, 0.05) is 12.1 Å². The van der Waals surface area contributed by atoms with Gasteiger partial charge < -0.3 is 21.0 Å². The highest BCUT2D eigenvalue weighted by Crippen LogP contribution is 2.07. The van der Waals surface area contributed by atoms with Crippen LogP contribution in [-0.4, -0.2) is 29.2 Å². The van der Waals surface area contributed by atoms with Crippen LogP contribution < -0.4 is 11.1 Å². The maximum absolute atomic E-state index is 11.5. The van der Waals surface area contributed by atoms with Crippen LogP contribution in [-0.2, 0) is 16.1 Å². The lowest BCUT2D eigenvalue weighted by Crippen LogP contribution is -2.31. The molecule has 0 fully saturated rings. The van der Waals surface area contributed by atoms with Crippen LogP contribution in [0.2, 0.25) is 0 Å². The fourth-order valence-electron chi connectivity index (χ4n) is 1.54. The van der Waals surface area contributed by atoms with E-state index in [1.165, 1.54) is 0 Å². The number of nitrogens with one attached hydrogen (secondary N) is 1. The maximum atomic E-state index is 11.5. The fraction of sp³-hybridized carbons (Fsp3) is 0.429. The van der Waals surface area contributed by atoms with Gasteiger partial charge in [0.15, 0.2) is 5.84 Å². The first-order chi connectivity index (χ1) is 9.31. The molecule has 0 bridgehead atoms. The summed E-state index contributed by atoms with van der Waals surface area (Å²) in [4.78, 5) is 11.5. The van der Waals surface area contributed by atoms with Gasteiger partial charge in [-0.15, -0.1) is 0 Å². The summed E-state index contributed by atoms with van der Waals surface area (Å²) >= 11 is 0. The zero-order valence-electron chi connectivity index (χ0n) is 12.0. The molecule has 0 heterocycles. The number of oxime groups is 1. The van der Waals surface area contributed by atoms with Gasteiger partial charge in [-0.1, -0.05) is 29.4 Å². The van der Waals surface area contributed by atoms with Gasteiger partial charge in [0.2, 0.25) is 0 Å². The predicted octanol–water partition coefficient (Wildman–Crippen LogP) is 1.21. The average Bonchev–Trinajstić information content (AvgIpc) is 2.36. The average molecular weight is 279 g/mol. The van der Waals surface area contributed by atoms with E-state index in [1.54, 1.807) is 12.1 Å². The molecule has 0 aliphatic heterocycles. The number of benzene rings is 1. The van der Waals surface area contributed by atoms with Crippen LogP contribution in [0.25, 0.3) is 0 Å². The maximum Gasteiger partial charge on any atom is 0.320 e. The molecule has 0 radical (unpaired) electrons.